The van der Waals surface area contributed by atoms with Gasteiger partial charge in [-0.25, -0.2) is 9.78 Å². The van der Waals surface area contributed by atoms with Crippen LogP contribution in [0.2, 0.25) is 0 Å². The molecule has 0 fully saturated rings. The van der Waals surface area contributed by atoms with E-state index in [2.05, 4.69) is 10.3 Å². The predicted octanol–water partition coefficient (Wildman–Crippen LogP) is 3.06. The van der Waals surface area contributed by atoms with Gasteiger partial charge in [0.05, 0.1) is 6.04 Å². The Balaban J connectivity index is 2.11. The highest BCUT2D eigenvalue weighted by atomic mass is 19.4. The third kappa shape index (κ3) is 3.77. The number of alkyl halides is 3. The number of nitrogens with one attached hydrogen (secondary N) is 1. The molecule has 5 nitrogen and oxygen atoms in total. The van der Waals surface area contributed by atoms with Gasteiger partial charge in [-0.3, -0.25) is 0 Å². The second-order valence-corrected chi connectivity index (χ2v) is 5.60. The van der Waals surface area contributed by atoms with Crippen molar-refractivity contribution in [2.75, 3.05) is 6.61 Å². The molecule has 1 N–H and O–H groups in total. The third-order valence-corrected chi connectivity index (χ3v) is 2.63. The zero-order valence-corrected chi connectivity index (χ0v) is 11.7. The SMILES string of the molecule is CC(C)(C)OC(=O)NC1COc2nc(C(F)(F)F)ccc21. The van der Waals surface area contributed by atoms with E-state index in [1.54, 1.807) is 20.8 Å². The number of halogens is 3. The molecule has 0 saturated heterocycles. The van der Waals surface area contributed by atoms with Gasteiger partial charge in [-0.1, -0.05) is 0 Å². The minimum atomic E-state index is -4.53. The van der Waals surface area contributed by atoms with Crippen molar-refractivity contribution >= 4 is 6.09 Å². The molecule has 0 aliphatic carbocycles. The van der Waals surface area contributed by atoms with Crippen LogP contribution in [0.3, 0.4) is 0 Å². The molecule has 1 aliphatic rings. The Labute approximate surface area is 119 Å². The summed E-state index contributed by atoms with van der Waals surface area (Å²) in [5.74, 6) is -0.120. The molecule has 2 heterocycles. The number of amides is 1. The van der Waals surface area contributed by atoms with Gasteiger partial charge in [-0.05, 0) is 32.9 Å². The molecule has 1 aliphatic heterocycles. The van der Waals surface area contributed by atoms with Crippen LogP contribution in [0.25, 0.3) is 0 Å². The second kappa shape index (κ2) is 5.09. The van der Waals surface area contributed by atoms with Crippen LogP contribution in [0.5, 0.6) is 5.88 Å². The molecule has 1 aromatic heterocycles. The summed E-state index contributed by atoms with van der Waals surface area (Å²) in [7, 11) is 0. The number of nitrogens with zero attached hydrogens (tertiary/aromatic N) is 1. The quantitative estimate of drug-likeness (QED) is 0.866. The van der Waals surface area contributed by atoms with Gasteiger partial charge in [0.15, 0.2) is 0 Å². The number of fused-ring (bicyclic) bond motifs is 1. The van der Waals surface area contributed by atoms with E-state index >= 15 is 0 Å². The molecule has 21 heavy (non-hydrogen) atoms. The van der Waals surface area contributed by atoms with Gasteiger partial charge in [0.2, 0.25) is 5.88 Å². The van der Waals surface area contributed by atoms with Crippen molar-refractivity contribution in [3.8, 4) is 5.88 Å². The average Bonchev–Trinajstić information content (AvgIpc) is 2.68. The zero-order chi connectivity index (χ0) is 15.8. The largest absolute Gasteiger partial charge is 0.475 e. The summed E-state index contributed by atoms with van der Waals surface area (Å²) in [4.78, 5) is 15.1. The molecule has 0 spiro atoms. The fourth-order valence-electron chi connectivity index (χ4n) is 1.81. The minimum Gasteiger partial charge on any atom is -0.475 e. The Hall–Kier alpha value is -1.99. The molecule has 0 saturated carbocycles. The van der Waals surface area contributed by atoms with Crippen LogP contribution in [0, 0.1) is 0 Å². The van der Waals surface area contributed by atoms with E-state index in [4.69, 9.17) is 9.47 Å². The number of carbonyl (C=O) groups excluding carboxylic acids is 1. The van der Waals surface area contributed by atoms with Gasteiger partial charge in [0, 0.05) is 5.56 Å². The lowest BCUT2D eigenvalue weighted by molar-refractivity contribution is -0.141. The molecule has 116 valence electrons. The molecule has 1 unspecified atom stereocenters. The standard InChI is InChI=1S/C13H15F3N2O3/c1-12(2,3)21-11(19)17-8-6-20-10-7(8)4-5-9(18-10)13(14,15)16/h4-5,8H,6H2,1-3H3,(H,17,19). The Kier molecular flexibility index (Phi) is 3.73. The Morgan fingerprint density at radius 1 is 1.38 bits per heavy atom. The molecule has 0 bridgehead atoms. The molecule has 1 aromatic rings. The lowest BCUT2D eigenvalue weighted by atomic mass is 10.1. The number of alkyl carbamates (subject to hydrolysis) is 1. The maximum Gasteiger partial charge on any atom is 0.433 e. The normalized spacial score (nSPS) is 17.9. The van der Waals surface area contributed by atoms with E-state index in [1.165, 1.54) is 6.07 Å². The van der Waals surface area contributed by atoms with Crippen LogP contribution < -0.4 is 10.1 Å². The van der Waals surface area contributed by atoms with Gasteiger partial charge in [-0.2, -0.15) is 13.2 Å². The maximum absolute atomic E-state index is 12.5. The van der Waals surface area contributed by atoms with E-state index in [0.29, 0.717) is 5.56 Å². The minimum absolute atomic E-state index is 0.0168. The van der Waals surface area contributed by atoms with Crippen LogP contribution >= 0.6 is 0 Å². The fourth-order valence-corrected chi connectivity index (χ4v) is 1.81. The predicted molar refractivity (Wildman–Crippen MR) is 66.8 cm³/mol. The fraction of sp³-hybridized carbons (Fsp3) is 0.538. The molecule has 0 aromatic carbocycles. The molecule has 2 rings (SSSR count). The van der Waals surface area contributed by atoms with Gasteiger partial charge >= 0.3 is 12.3 Å². The first-order chi connectivity index (χ1) is 9.56. The van der Waals surface area contributed by atoms with Crippen molar-refractivity contribution in [1.82, 2.24) is 10.3 Å². The first-order valence-corrected chi connectivity index (χ1v) is 6.27. The highest BCUT2D eigenvalue weighted by Gasteiger charge is 2.36. The molecule has 1 atom stereocenters. The summed E-state index contributed by atoms with van der Waals surface area (Å²) in [5, 5.41) is 2.54. The number of pyridine rings is 1. The Morgan fingerprint density at radius 2 is 2.05 bits per heavy atom. The molecule has 0 radical (unpaired) electrons. The first-order valence-electron chi connectivity index (χ1n) is 6.27. The van der Waals surface area contributed by atoms with Crippen LogP contribution in [-0.4, -0.2) is 23.3 Å². The zero-order valence-electron chi connectivity index (χ0n) is 11.7. The van der Waals surface area contributed by atoms with Crippen LogP contribution in [0.1, 0.15) is 38.1 Å². The summed E-state index contributed by atoms with van der Waals surface area (Å²) in [5.41, 5.74) is -1.29. The molecule has 1 amide bonds. The lowest BCUT2D eigenvalue weighted by Crippen LogP contribution is -2.35. The molecular weight excluding hydrogens is 289 g/mol. The number of carbonyl (C=O) groups is 1. The van der Waals surface area contributed by atoms with Crippen molar-refractivity contribution in [2.24, 2.45) is 0 Å². The summed E-state index contributed by atoms with van der Waals surface area (Å²) in [6.07, 6.45) is -5.20. The summed E-state index contributed by atoms with van der Waals surface area (Å²) in [6.45, 7) is 5.15. The number of ether oxygens (including phenoxy) is 2. The molecular formula is C13H15F3N2O3. The van der Waals surface area contributed by atoms with Crippen LogP contribution in [-0.2, 0) is 10.9 Å². The molecule has 8 heteroatoms. The van der Waals surface area contributed by atoms with E-state index in [0.717, 1.165) is 6.07 Å². The van der Waals surface area contributed by atoms with Crippen molar-refractivity contribution < 1.29 is 27.4 Å². The highest BCUT2D eigenvalue weighted by Crippen LogP contribution is 2.35. The number of rotatable bonds is 1. The first kappa shape index (κ1) is 15.4. The van der Waals surface area contributed by atoms with Crippen molar-refractivity contribution in [3.05, 3.63) is 23.4 Å². The van der Waals surface area contributed by atoms with E-state index in [9.17, 15) is 18.0 Å². The van der Waals surface area contributed by atoms with E-state index in [1.807, 2.05) is 0 Å². The van der Waals surface area contributed by atoms with Crippen molar-refractivity contribution in [2.45, 2.75) is 38.6 Å². The van der Waals surface area contributed by atoms with Crippen molar-refractivity contribution in [3.63, 3.8) is 0 Å². The van der Waals surface area contributed by atoms with Crippen LogP contribution in [0.15, 0.2) is 12.1 Å². The van der Waals surface area contributed by atoms with Crippen molar-refractivity contribution in [1.29, 1.82) is 0 Å². The van der Waals surface area contributed by atoms with E-state index in [-0.39, 0.29) is 12.5 Å². The summed E-state index contributed by atoms with van der Waals surface area (Å²) in [6, 6.07) is 1.53. The number of hydrogen-bond donors (Lipinski definition) is 1. The topological polar surface area (TPSA) is 60.5 Å². The third-order valence-electron chi connectivity index (χ3n) is 2.63. The van der Waals surface area contributed by atoms with Gasteiger partial charge < -0.3 is 14.8 Å². The second-order valence-electron chi connectivity index (χ2n) is 5.60. The van der Waals surface area contributed by atoms with Gasteiger partial charge in [0.25, 0.3) is 0 Å². The number of hydrogen-bond acceptors (Lipinski definition) is 4. The summed E-state index contributed by atoms with van der Waals surface area (Å²) < 4.78 is 47.8. The number of aromatic nitrogens is 1. The Morgan fingerprint density at radius 3 is 2.62 bits per heavy atom. The average molecular weight is 304 g/mol. The smallest absolute Gasteiger partial charge is 0.433 e. The summed E-state index contributed by atoms with van der Waals surface area (Å²) >= 11 is 0. The van der Waals surface area contributed by atoms with Crippen LogP contribution in [0.4, 0.5) is 18.0 Å². The van der Waals surface area contributed by atoms with E-state index < -0.39 is 29.6 Å². The highest BCUT2D eigenvalue weighted by molar-refractivity contribution is 5.68. The Bertz CT molecular complexity index is 553. The maximum atomic E-state index is 12.5. The monoisotopic (exact) mass is 304 g/mol. The van der Waals surface area contributed by atoms with Gasteiger partial charge in [0.1, 0.15) is 17.9 Å². The lowest BCUT2D eigenvalue weighted by Gasteiger charge is -2.21. The van der Waals surface area contributed by atoms with Gasteiger partial charge in [-0.15, -0.1) is 0 Å².